The molecule has 0 aliphatic heterocycles. The number of esters is 3. The average molecular weight is 485 g/mol. The summed E-state index contributed by atoms with van der Waals surface area (Å²) in [6.45, 7) is 0.762. The van der Waals surface area contributed by atoms with Crippen LogP contribution in [0.25, 0.3) is 6.08 Å². The molecule has 0 unspecified atom stereocenters. The zero-order valence-electron chi connectivity index (χ0n) is 17.6. The molecule has 1 amide bonds. The highest BCUT2D eigenvalue weighted by Crippen LogP contribution is 2.34. The van der Waals surface area contributed by atoms with Crippen molar-refractivity contribution >= 4 is 46.2 Å². The van der Waals surface area contributed by atoms with E-state index in [0.717, 1.165) is 43.8 Å². The van der Waals surface area contributed by atoms with E-state index in [1.807, 2.05) is 0 Å². The topological polar surface area (TPSA) is 108 Å². The number of carbonyl (C=O) groups is 4. The number of halogens is 3. The van der Waals surface area contributed by atoms with Gasteiger partial charge in [0, 0.05) is 6.08 Å². The number of ether oxygens (including phenoxy) is 3. The molecule has 0 fully saturated rings. The smallest absolute Gasteiger partial charge is 0.416 e. The molecule has 2 rings (SSSR count). The SMILES string of the molecule is COC(=O)c1sc(NC(=O)COC(=O)/C=C/c2ccc(C(F)(F)F)cc2)c(C(=O)OC)c1C. The van der Waals surface area contributed by atoms with Crippen molar-refractivity contribution in [2.45, 2.75) is 13.1 Å². The Bertz CT molecular complexity index is 1090. The predicted octanol–water partition coefficient (Wildman–Crippen LogP) is 3.84. The molecule has 0 saturated heterocycles. The van der Waals surface area contributed by atoms with E-state index in [-0.39, 0.29) is 21.0 Å². The number of alkyl halides is 3. The number of thiophene rings is 1. The normalized spacial score (nSPS) is 11.2. The van der Waals surface area contributed by atoms with Gasteiger partial charge in [-0.3, -0.25) is 4.79 Å². The molecule has 1 heterocycles. The van der Waals surface area contributed by atoms with Gasteiger partial charge < -0.3 is 19.5 Å². The number of hydrogen-bond donors (Lipinski definition) is 1. The van der Waals surface area contributed by atoms with Crippen molar-refractivity contribution in [2.75, 3.05) is 26.1 Å². The van der Waals surface area contributed by atoms with Crippen LogP contribution in [0, 0.1) is 6.92 Å². The molecule has 0 aliphatic rings. The lowest BCUT2D eigenvalue weighted by atomic mass is 10.1. The Morgan fingerprint density at radius 2 is 1.64 bits per heavy atom. The molecule has 0 bridgehead atoms. The summed E-state index contributed by atoms with van der Waals surface area (Å²) in [6.07, 6.45) is -2.30. The summed E-state index contributed by atoms with van der Waals surface area (Å²) in [6, 6.07) is 4.07. The first-order valence-electron chi connectivity index (χ1n) is 9.09. The third kappa shape index (κ3) is 6.65. The number of nitrogens with one attached hydrogen (secondary N) is 1. The van der Waals surface area contributed by atoms with E-state index in [1.165, 1.54) is 25.1 Å². The third-order valence-corrected chi connectivity index (χ3v) is 5.34. The van der Waals surface area contributed by atoms with Crippen LogP contribution in [-0.2, 0) is 30.0 Å². The molecule has 1 aromatic carbocycles. The van der Waals surface area contributed by atoms with Gasteiger partial charge in [0.25, 0.3) is 5.91 Å². The van der Waals surface area contributed by atoms with E-state index >= 15 is 0 Å². The fraction of sp³-hybridized carbons (Fsp3) is 0.238. The molecule has 0 spiro atoms. The van der Waals surface area contributed by atoms with E-state index in [9.17, 15) is 32.3 Å². The van der Waals surface area contributed by atoms with Crippen LogP contribution >= 0.6 is 11.3 Å². The van der Waals surface area contributed by atoms with Crippen LogP contribution in [0.5, 0.6) is 0 Å². The summed E-state index contributed by atoms with van der Waals surface area (Å²) in [4.78, 5) is 48.0. The van der Waals surface area contributed by atoms with E-state index in [4.69, 9.17) is 4.74 Å². The Kier molecular flexibility index (Phi) is 8.35. The molecule has 1 N–H and O–H groups in total. The second-order valence-electron chi connectivity index (χ2n) is 6.35. The van der Waals surface area contributed by atoms with Crippen LogP contribution in [0.1, 0.15) is 36.7 Å². The third-order valence-electron chi connectivity index (χ3n) is 4.16. The summed E-state index contributed by atoms with van der Waals surface area (Å²) in [5.41, 5.74) is -0.295. The second-order valence-corrected chi connectivity index (χ2v) is 7.37. The lowest BCUT2D eigenvalue weighted by Gasteiger charge is -2.06. The summed E-state index contributed by atoms with van der Waals surface area (Å²) in [5.74, 6) is -3.21. The van der Waals surface area contributed by atoms with Gasteiger partial charge in [-0.15, -0.1) is 11.3 Å². The van der Waals surface area contributed by atoms with Crippen molar-refractivity contribution in [3.05, 3.63) is 57.5 Å². The van der Waals surface area contributed by atoms with Gasteiger partial charge in [-0.1, -0.05) is 12.1 Å². The van der Waals surface area contributed by atoms with Crippen LogP contribution in [0.2, 0.25) is 0 Å². The molecular formula is C21H18F3NO7S. The highest BCUT2D eigenvalue weighted by atomic mass is 32.1. The Morgan fingerprint density at radius 3 is 2.18 bits per heavy atom. The number of anilines is 1. The fourth-order valence-electron chi connectivity index (χ4n) is 2.53. The average Bonchev–Trinajstić information content (AvgIpc) is 3.10. The molecule has 0 atom stereocenters. The van der Waals surface area contributed by atoms with Crippen molar-refractivity contribution in [1.29, 1.82) is 0 Å². The summed E-state index contributed by atoms with van der Waals surface area (Å²) in [5, 5.41) is 2.39. The number of amides is 1. The van der Waals surface area contributed by atoms with Gasteiger partial charge in [0.2, 0.25) is 0 Å². The van der Waals surface area contributed by atoms with E-state index in [2.05, 4.69) is 14.8 Å². The number of carbonyl (C=O) groups excluding carboxylic acids is 4. The molecule has 0 saturated carbocycles. The Morgan fingerprint density at radius 1 is 1.03 bits per heavy atom. The largest absolute Gasteiger partial charge is 0.465 e. The van der Waals surface area contributed by atoms with E-state index in [1.54, 1.807) is 0 Å². The molecule has 2 aromatic rings. The molecule has 1 aromatic heterocycles. The summed E-state index contributed by atoms with van der Waals surface area (Å²) in [7, 11) is 2.29. The maximum Gasteiger partial charge on any atom is 0.416 e. The van der Waals surface area contributed by atoms with Crippen molar-refractivity contribution in [2.24, 2.45) is 0 Å². The first kappa shape index (κ1) is 25.6. The Labute approximate surface area is 189 Å². The van der Waals surface area contributed by atoms with Crippen molar-refractivity contribution in [3.8, 4) is 0 Å². The Hall–Kier alpha value is -3.67. The molecule has 176 valence electrons. The van der Waals surface area contributed by atoms with Crippen molar-refractivity contribution in [3.63, 3.8) is 0 Å². The van der Waals surface area contributed by atoms with Gasteiger partial charge in [0.15, 0.2) is 6.61 Å². The van der Waals surface area contributed by atoms with Crippen molar-refractivity contribution < 1.29 is 46.6 Å². The van der Waals surface area contributed by atoms with Gasteiger partial charge >= 0.3 is 24.1 Å². The van der Waals surface area contributed by atoms with E-state index < -0.39 is 42.2 Å². The highest BCUT2D eigenvalue weighted by Gasteiger charge is 2.30. The molecule has 0 aliphatic carbocycles. The van der Waals surface area contributed by atoms with Gasteiger partial charge in [-0.05, 0) is 36.3 Å². The molecular weight excluding hydrogens is 467 g/mol. The fourth-order valence-corrected chi connectivity index (χ4v) is 3.66. The maximum atomic E-state index is 12.6. The molecule has 8 nitrogen and oxygen atoms in total. The van der Waals surface area contributed by atoms with Gasteiger partial charge in [-0.2, -0.15) is 13.2 Å². The molecule has 0 radical (unpaired) electrons. The monoisotopic (exact) mass is 485 g/mol. The van der Waals surface area contributed by atoms with Gasteiger partial charge in [-0.25, -0.2) is 14.4 Å². The maximum absolute atomic E-state index is 12.6. The van der Waals surface area contributed by atoms with Crippen LogP contribution in [-0.4, -0.2) is 44.6 Å². The minimum absolute atomic E-state index is 0.0149. The van der Waals surface area contributed by atoms with Crippen molar-refractivity contribution in [1.82, 2.24) is 0 Å². The first-order valence-corrected chi connectivity index (χ1v) is 9.91. The molecule has 12 heteroatoms. The van der Waals surface area contributed by atoms with E-state index in [0.29, 0.717) is 5.56 Å². The Balaban J connectivity index is 2.01. The quantitative estimate of drug-likeness (QED) is 0.361. The number of methoxy groups -OCH3 is 2. The number of hydrogen-bond acceptors (Lipinski definition) is 8. The number of rotatable bonds is 7. The van der Waals surface area contributed by atoms with Gasteiger partial charge in [0.05, 0.1) is 25.3 Å². The minimum Gasteiger partial charge on any atom is -0.465 e. The zero-order valence-corrected chi connectivity index (χ0v) is 18.4. The first-order chi connectivity index (χ1) is 15.5. The van der Waals surface area contributed by atoms with Crippen LogP contribution in [0.3, 0.4) is 0 Å². The second kappa shape index (κ2) is 10.8. The van der Waals surface area contributed by atoms with Crippen LogP contribution in [0.4, 0.5) is 18.2 Å². The summed E-state index contributed by atoms with van der Waals surface area (Å²) >= 11 is 0.794. The zero-order chi connectivity index (χ0) is 24.8. The van der Waals surface area contributed by atoms with Gasteiger partial charge in [0.1, 0.15) is 9.88 Å². The molecule has 33 heavy (non-hydrogen) atoms. The highest BCUT2D eigenvalue weighted by molar-refractivity contribution is 7.18. The predicted molar refractivity (Wildman–Crippen MR) is 112 cm³/mol. The summed E-state index contributed by atoms with van der Waals surface area (Å²) < 4.78 is 51.8. The number of benzene rings is 1. The van der Waals surface area contributed by atoms with Crippen LogP contribution in [0.15, 0.2) is 30.3 Å². The standard InChI is InChI=1S/C21H18F3NO7S/c1-11-16(19(28)30-2)18(33-17(11)20(29)31-3)25-14(26)10-32-15(27)9-6-12-4-7-13(8-5-12)21(22,23)24/h4-9H,10H2,1-3H3,(H,25,26)/b9-6+. The minimum atomic E-state index is -4.47. The van der Waals surface area contributed by atoms with Crippen LogP contribution < -0.4 is 5.32 Å². The lowest BCUT2D eigenvalue weighted by molar-refractivity contribution is -0.142. The lowest BCUT2D eigenvalue weighted by Crippen LogP contribution is -2.21.